The van der Waals surface area contributed by atoms with Gasteiger partial charge in [0.1, 0.15) is 5.82 Å². The summed E-state index contributed by atoms with van der Waals surface area (Å²) in [5.41, 5.74) is 0.986. The van der Waals surface area contributed by atoms with E-state index in [9.17, 15) is 5.11 Å². The Kier molecular flexibility index (Phi) is 3.91. The van der Waals surface area contributed by atoms with Gasteiger partial charge in [-0.05, 0) is 13.3 Å². The van der Waals surface area contributed by atoms with Crippen molar-refractivity contribution in [2.24, 2.45) is 7.05 Å². The van der Waals surface area contributed by atoms with E-state index in [0.29, 0.717) is 6.42 Å². The van der Waals surface area contributed by atoms with Crippen LogP contribution >= 0.6 is 11.3 Å². The zero-order chi connectivity index (χ0) is 12.3. The maximum absolute atomic E-state index is 9.93. The average Bonchev–Trinajstić information content (AvgIpc) is 2.85. The predicted octanol–water partition coefficient (Wildman–Crippen LogP) is 1.72. The summed E-state index contributed by atoms with van der Waals surface area (Å²) in [6.45, 7) is 1.98. The largest absolute Gasteiger partial charge is 0.393 e. The molecular weight excluding hydrogens is 234 g/mol. The third-order valence-corrected chi connectivity index (χ3v) is 3.56. The SMILES string of the molecule is Cc1nc(CC(O)CCc2nccn2C)cs1. The van der Waals surface area contributed by atoms with Gasteiger partial charge in [0.05, 0.1) is 16.8 Å². The van der Waals surface area contributed by atoms with Crippen molar-refractivity contribution in [1.82, 2.24) is 14.5 Å². The summed E-state index contributed by atoms with van der Waals surface area (Å²) in [5.74, 6) is 1.01. The molecule has 2 aromatic heterocycles. The van der Waals surface area contributed by atoms with Crippen LogP contribution in [0.3, 0.4) is 0 Å². The van der Waals surface area contributed by atoms with Crippen LogP contribution in [0.15, 0.2) is 17.8 Å². The number of aromatic nitrogens is 3. The molecule has 2 aromatic rings. The molecule has 92 valence electrons. The van der Waals surface area contributed by atoms with Crippen LogP contribution in [0.4, 0.5) is 0 Å². The highest BCUT2D eigenvalue weighted by Gasteiger charge is 2.09. The molecule has 0 radical (unpaired) electrons. The first-order valence-electron chi connectivity index (χ1n) is 5.70. The highest BCUT2D eigenvalue weighted by molar-refractivity contribution is 7.09. The molecular formula is C12H17N3OS. The third kappa shape index (κ3) is 3.38. The fraction of sp³-hybridized carbons (Fsp3) is 0.500. The first-order valence-corrected chi connectivity index (χ1v) is 6.58. The van der Waals surface area contributed by atoms with Gasteiger partial charge < -0.3 is 9.67 Å². The van der Waals surface area contributed by atoms with Crippen molar-refractivity contribution in [3.63, 3.8) is 0 Å². The van der Waals surface area contributed by atoms with Crippen LogP contribution < -0.4 is 0 Å². The van der Waals surface area contributed by atoms with Crippen LogP contribution in [-0.4, -0.2) is 25.7 Å². The van der Waals surface area contributed by atoms with Crippen LogP contribution in [-0.2, 0) is 19.9 Å². The summed E-state index contributed by atoms with van der Waals surface area (Å²) in [4.78, 5) is 8.59. The van der Waals surface area contributed by atoms with Crippen molar-refractivity contribution >= 4 is 11.3 Å². The summed E-state index contributed by atoms with van der Waals surface area (Å²) >= 11 is 1.63. The molecule has 0 aliphatic carbocycles. The molecule has 0 amide bonds. The number of rotatable bonds is 5. The van der Waals surface area contributed by atoms with E-state index in [-0.39, 0.29) is 6.10 Å². The summed E-state index contributed by atoms with van der Waals surface area (Å²) in [5, 5.41) is 13.0. The molecule has 1 N–H and O–H groups in total. The molecule has 1 atom stereocenters. The fourth-order valence-corrected chi connectivity index (χ4v) is 2.40. The maximum atomic E-state index is 9.93. The minimum absolute atomic E-state index is 0.340. The minimum atomic E-state index is -0.340. The van der Waals surface area contributed by atoms with Gasteiger partial charge in [-0.2, -0.15) is 0 Å². The lowest BCUT2D eigenvalue weighted by Gasteiger charge is -2.08. The standard InChI is InChI=1S/C12H17N3OS/c1-9-14-10(8-17-9)7-11(16)3-4-12-13-5-6-15(12)2/h5-6,8,11,16H,3-4,7H2,1-2H3. The minimum Gasteiger partial charge on any atom is -0.393 e. The first kappa shape index (κ1) is 12.3. The zero-order valence-electron chi connectivity index (χ0n) is 10.1. The lowest BCUT2D eigenvalue weighted by atomic mass is 10.1. The third-order valence-electron chi connectivity index (χ3n) is 2.73. The number of aryl methyl sites for hydroxylation is 3. The zero-order valence-corrected chi connectivity index (χ0v) is 10.9. The Balaban J connectivity index is 1.82. The van der Waals surface area contributed by atoms with E-state index in [1.54, 1.807) is 17.5 Å². The molecule has 0 aliphatic rings. The molecule has 5 heteroatoms. The van der Waals surface area contributed by atoms with E-state index in [1.165, 1.54) is 0 Å². The highest BCUT2D eigenvalue weighted by atomic mass is 32.1. The van der Waals surface area contributed by atoms with Crippen LogP contribution in [0.1, 0.15) is 22.9 Å². The summed E-state index contributed by atoms with van der Waals surface area (Å²) in [6.07, 6.45) is 5.52. The van der Waals surface area contributed by atoms with E-state index in [4.69, 9.17) is 0 Å². The topological polar surface area (TPSA) is 50.9 Å². The van der Waals surface area contributed by atoms with Gasteiger partial charge in [0, 0.05) is 37.7 Å². The Morgan fingerprint density at radius 2 is 2.35 bits per heavy atom. The normalized spacial score (nSPS) is 12.9. The molecule has 17 heavy (non-hydrogen) atoms. The second-order valence-electron chi connectivity index (χ2n) is 4.21. The Morgan fingerprint density at radius 1 is 1.53 bits per heavy atom. The summed E-state index contributed by atoms with van der Waals surface area (Å²) < 4.78 is 1.99. The number of thiazole rings is 1. The smallest absolute Gasteiger partial charge is 0.108 e. The number of hydrogen-bond acceptors (Lipinski definition) is 4. The van der Waals surface area contributed by atoms with Gasteiger partial charge in [-0.1, -0.05) is 0 Å². The Labute approximate surface area is 105 Å². The molecule has 0 fully saturated rings. The lowest BCUT2D eigenvalue weighted by Crippen LogP contribution is -2.13. The fourth-order valence-electron chi connectivity index (χ4n) is 1.78. The molecule has 0 bridgehead atoms. The Hall–Kier alpha value is -1.20. The quantitative estimate of drug-likeness (QED) is 0.880. The van der Waals surface area contributed by atoms with Gasteiger partial charge in [0.15, 0.2) is 0 Å². The Bertz CT molecular complexity index is 478. The van der Waals surface area contributed by atoms with Crippen molar-refractivity contribution in [1.29, 1.82) is 0 Å². The van der Waals surface area contributed by atoms with Gasteiger partial charge in [0.25, 0.3) is 0 Å². The van der Waals surface area contributed by atoms with Gasteiger partial charge in [-0.3, -0.25) is 0 Å². The van der Waals surface area contributed by atoms with Gasteiger partial charge in [-0.25, -0.2) is 9.97 Å². The lowest BCUT2D eigenvalue weighted by molar-refractivity contribution is 0.163. The highest BCUT2D eigenvalue weighted by Crippen LogP contribution is 2.12. The summed E-state index contributed by atoms with van der Waals surface area (Å²) in [7, 11) is 1.97. The number of nitrogens with zero attached hydrogens (tertiary/aromatic N) is 3. The maximum Gasteiger partial charge on any atom is 0.108 e. The molecule has 0 spiro atoms. The van der Waals surface area contributed by atoms with Gasteiger partial charge in [-0.15, -0.1) is 11.3 Å². The van der Waals surface area contributed by atoms with E-state index >= 15 is 0 Å². The predicted molar refractivity (Wildman–Crippen MR) is 68.1 cm³/mol. The van der Waals surface area contributed by atoms with Crippen LogP contribution in [0, 0.1) is 6.92 Å². The van der Waals surface area contributed by atoms with E-state index < -0.39 is 0 Å². The Morgan fingerprint density at radius 3 is 2.94 bits per heavy atom. The van der Waals surface area contributed by atoms with Crippen molar-refractivity contribution in [3.8, 4) is 0 Å². The van der Waals surface area contributed by atoms with Crippen molar-refractivity contribution in [3.05, 3.63) is 34.3 Å². The summed E-state index contributed by atoms with van der Waals surface area (Å²) in [6, 6.07) is 0. The molecule has 2 rings (SSSR count). The second kappa shape index (κ2) is 5.42. The van der Waals surface area contributed by atoms with E-state index in [0.717, 1.165) is 29.4 Å². The number of aliphatic hydroxyl groups excluding tert-OH is 1. The monoisotopic (exact) mass is 251 g/mol. The van der Waals surface area contributed by atoms with Crippen molar-refractivity contribution < 1.29 is 5.11 Å². The molecule has 0 saturated carbocycles. The van der Waals surface area contributed by atoms with Gasteiger partial charge >= 0.3 is 0 Å². The van der Waals surface area contributed by atoms with Crippen LogP contribution in [0.5, 0.6) is 0 Å². The molecule has 1 unspecified atom stereocenters. The van der Waals surface area contributed by atoms with Crippen LogP contribution in [0.2, 0.25) is 0 Å². The average molecular weight is 251 g/mol. The van der Waals surface area contributed by atoms with Crippen molar-refractivity contribution in [2.45, 2.75) is 32.3 Å². The van der Waals surface area contributed by atoms with E-state index in [1.807, 2.05) is 30.1 Å². The number of aliphatic hydroxyl groups is 1. The first-order chi connectivity index (χ1) is 8.15. The molecule has 0 aromatic carbocycles. The van der Waals surface area contributed by atoms with Gasteiger partial charge in [0.2, 0.25) is 0 Å². The van der Waals surface area contributed by atoms with E-state index in [2.05, 4.69) is 9.97 Å². The molecule has 4 nitrogen and oxygen atoms in total. The number of hydrogen-bond donors (Lipinski definition) is 1. The van der Waals surface area contributed by atoms with Crippen molar-refractivity contribution in [2.75, 3.05) is 0 Å². The molecule has 0 saturated heterocycles. The molecule has 0 aliphatic heterocycles. The second-order valence-corrected chi connectivity index (χ2v) is 5.27. The molecule has 2 heterocycles. The number of imidazole rings is 1. The van der Waals surface area contributed by atoms with Crippen LogP contribution in [0.25, 0.3) is 0 Å².